The van der Waals surface area contributed by atoms with Gasteiger partial charge in [0.25, 0.3) is 0 Å². The van der Waals surface area contributed by atoms with E-state index in [1.54, 1.807) is 0 Å². The molecule has 2 fully saturated rings. The fourth-order valence-corrected chi connectivity index (χ4v) is 3.87. The third-order valence-electron chi connectivity index (χ3n) is 5.48. The van der Waals surface area contributed by atoms with E-state index in [-0.39, 0.29) is 0 Å². The molecular formula is C18H36N2O. The average molecular weight is 296 g/mol. The van der Waals surface area contributed by atoms with Crippen LogP contribution in [0.4, 0.5) is 0 Å². The van der Waals surface area contributed by atoms with Crippen molar-refractivity contribution in [2.45, 2.75) is 77.3 Å². The fourth-order valence-electron chi connectivity index (χ4n) is 3.87. The number of ether oxygens (including phenoxy) is 1. The van der Waals surface area contributed by atoms with Crippen molar-refractivity contribution in [3.8, 4) is 0 Å². The van der Waals surface area contributed by atoms with Crippen molar-refractivity contribution in [3.63, 3.8) is 0 Å². The third kappa shape index (κ3) is 5.54. The van der Waals surface area contributed by atoms with Gasteiger partial charge in [0.2, 0.25) is 0 Å². The van der Waals surface area contributed by atoms with Gasteiger partial charge >= 0.3 is 0 Å². The molecule has 0 bridgehead atoms. The first kappa shape index (κ1) is 17.2. The summed E-state index contributed by atoms with van der Waals surface area (Å²) < 4.78 is 5.38. The minimum absolute atomic E-state index is 0.497. The van der Waals surface area contributed by atoms with E-state index in [1.165, 1.54) is 64.5 Å². The molecular weight excluding hydrogens is 260 g/mol. The van der Waals surface area contributed by atoms with Gasteiger partial charge in [-0.25, -0.2) is 0 Å². The molecule has 0 saturated heterocycles. The summed E-state index contributed by atoms with van der Waals surface area (Å²) in [5, 5.41) is 3.84. The van der Waals surface area contributed by atoms with E-state index in [0.717, 1.165) is 19.2 Å². The molecule has 3 heteroatoms. The summed E-state index contributed by atoms with van der Waals surface area (Å²) in [6.07, 6.45) is 11.3. The van der Waals surface area contributed by atoms with Crippen LogP contribution >= 0.6 is 0 Å². The van der Waals surface area contributed by atoms with Crippen molar-refractivity contribution < 1.29 is 4.74 Å². The predicted octanol–water partition coefficient (Wildman–Crippen LogP) is 3.44. The van der Waals surface area contributed by atoms with Gasteiger partial charge in [0.15, 0.2) is 0 Å². The van der Waals surface area contributed by atoms with Gasteiger partial charge in [-0.1, -0.05) is 32.6 Å². The van der Waals surface area contributed by atoms with E-state index in [4.69, 9.17) is 4.74 Å². The quantitative estimate of drug-likeness (QED) is 0.660. The molecule has 0 amide bonds. The van der Waals surface area contributed by atoms with Crippen LogP contribution in [0.1, 0.15) is 65.2 Å². The van der Waals surface area contributed by atoms with Crippen molar-refractivity contribution in [3.05, 3.63) is 0 Å². The summed E-state index contributed by atoms with van der Waals surface area (Å²) in [7, 11) is 1.82. The Kier molecular flexibility index (Phi) is 6.97. The highest BCUT2D eigenvalue weighted by Gasteiger charge is 2.35. The van der Waals surface area contributed by atoms with E-state index >= 15 is 0 Å². The standard InChI is InChI=1S/C18H36N2O/c1-4-20(16(2)13-21-3)15-18(14-19-17-9-10-17)11-7-5-6-8-12-18/h16-17,19H,4-15H2,1-3H3. The zero-order valence-electron chi connectivity index (χ0n) is 14.5. The largest absolute Gasteiger partial charge is 0.383 e. The summed E-state index contributed by atoms with van der Waals surface area (Å²) >= 11 is 0. The van der Waals surface area contributed by atoms with E-state index in [0.29, 0.717) is 11.5 Å². The number of rotatable bonds is 9. The number of likely N-dealkylation sites (N-methyl/N-ethyl adjacent to an activating group) is 1. The van der Waals surface area contributed by atoms with Gasteiger partial charge in [-0.15, -0.1) is 0 Å². The Bertz CT molecular complexity index is 283. The lowest BCUT2D eigenvalue weighted by atomic mass is 9.79. The summed E-state index contributed by atoms with van der Waals surface area (Å²) in [6, 6.07) is 1.36. The van der Waals surface area contributed by atoms with Crippen LogP contribution in [-0.2, 0) is 4.74 Å². The lowest BCUT2D eigenvalue weighted by Crippen LogP contribution is -2.48. The zero-order valence-corrected chi connectivity index (χ0v) is 14.5. The second-order valence-corrected chi connectivity index (χ2v) is 7.44. The maximum atomic E-state index is 5.38. The van der Waals surface area contributed by atoms with Crippen LogP contribution in [0, 0.1) is 5.41 Å². The van der Waals surface area contributed by atoms with Crippen molar-refractivity contribution in [2.75, 3.05) is 33.4 Å². The molecule has 2 saturated carbocycles. The number of nitrogens with one attached hydrogen (secondary N) is 1. The predicted molar refractivity (Wildman–Crippen MR) is 89.7 cm³/mol. The molecule has 3 nitrogen and oxygen atoms in total. The minimum atomic E-state index is 0.497. The molecule has 1 atom stereocenters. The van der Waals surface area contributed by atoms with Gasteiger partial charge in [-0.2, -0.15) is 0 Å². The SMILES string of the molecule is CCN(CC1(CNC2CC2)CCCCCC1)C(C)COC. The minimum Gasteiger partial charge on any atom is -0.383 e. The highest BCUT2D eigenvalue weighted by Crippen LogP contribution is 2.36. The molecule has 0 aromatic rings. The number of methoxy groups -OCH3 is 1. The van der Waals surface area contributed by atoms with Crippen molar-refractivity contribution in [1.82, 2.24) is 10.2 Å². The smallest absolute Gasteiger partial charge is 0.0615 e. The Hall–Kier alpha value is -0.120. The van der Waals surface area contributed by atoms with E-state index in [9.17, 15) is 0 Å². The van der Waals surface area contributed by atoms with Gasteiger partial charge in [0, 0.05) is 32.3 Å². The first-order valence-electron chi connectivity index (χ1n) is 9.15. The number of nitrogens with zero attached hydrogens (tertiary/aromatic N) is 1. The Labute approximate surface area is 131 Å². The Morgan fingerprint density at radius 2 is 1.86 bits per heavy atom. The summed E-state index contributed by atoms with van der Waals surface area (Å²) in [5.41, 5.74) is 0.497. The molecule has 2 aliphatic rings. The van der Waals surface area contributed by atoms with E-state index in [1.807, 2.05) is 7.11 Å². The maximum absolute atomic E-state index is 5.38. The maximum Gasteiger partial charge on any atom is 0.0615 e. The molecule has 21 heavy (non-hydrogen) atoms. The highest BCUT2D eigenvalue weighted by atomic mass is 16.5. The molecule has 0 spiro atoms. The fraction of sp³-hybridized carbons (Fsp3) is 1.00. The molecule has 2 aliphatic carbocycles. The first-order chi connectivity index (χ1) is 10.2. The van der Waals surface area contributed by atoms with Crippen molar-refractivity contribution >= 4 is 0 Å². The van der Waals surface area contributed by atoms with Gasteiger partial charge in [0.05, 0.1) is 6.61 Å². The Morgan fingerprint density at radius 3 is 2.38 bits per heavy atom. The second kappa shape index (κ2) is 8.50. The van der Waals surface area contributed by atoms with Crippen molar-refractivity contribution in [2.24, 2.45) is 5.41 Å². The molecule has 0 heterocycles. The van der Waals surface area contributed by atoms with Crippen LogP contribution in [0.15, 0.2) is 0 Å². The molecule has 0 radical (unpaired) electrons. The first-order valence-corrected chi connectivity index (χ1v) is 9.15. The normalized spacial score (nSPS) is 24.0. The van der Waals surface area contributed by atoms with Gasteiger partial charge in [0.1, 0.15) is 0 Å². The van der Waals surface area contributed by atoms with Gasteiger partial charge in [-0.05, 0) is 44.6 Å². The van der Waals surface area contributed by atoms with E-state index in [2.05, 4.69) is 24.1 Å². The zero-order chi connectivity index (χ0) is 15.1. The lowest BCUT2D eigenvalue weighted by molar-refractivity contribution is 0.0581. The van der Waals surface area contributed by atoms with Gasteiger partial charge < -0.3 is 10.1 Å². The third-order valence-corrected chi connectivity index (χ3v) is 5.48. The number of hydrogen-bond acceptors (Lipinski definition) is 3. The molecule has 1 unspecified atom stereocenters. The lowest BCUT2D eigenvalue weighted by Gasteiger charge is -2.40. The molecule has 0 aliphatic heterocycles. The van der Waals surface area contributed by atoms with Gasteiger partial charge in [-0.3, -0.25) is 4.90 Å². The Morgan fingerprint density at radius 1 is 1.19 bits per heavy atom. The summed E-state index contributed by atoms with van der Waals surface area (Å²) in [4.78, 5) is 2.64. The topological polar surface area (TPSA) is 24.5 Å². The second-order valence-electron chi connectivity index (χ2n) is 7.44. The van der Waals surface area contributed by atoms with E-state index < -0.39 is 0 Å². The molecule has 0 aromatic heterocycles. The van der Waals surface area contributed by atoms with Crippen molar-refractivity contribution in [1.29, 1.82) is 0 Å². The molecule has 124 valence electrons. The molecule has 2 rings (SSSR count). The Balaban J connectivity index is 1.97. The van der Waals surface area contributed by atoms with Crippen LogP contribution < -0.4 is 5.32 Å². The van der Waals surface area contributed by atoms with Crippen LogP contribution in [0.5, 0.6) is 0 Å². The number of hydrogen-bond donors (Lipinski definition) is 1. The molecule has 0 aromatic carbocycles. The average Bonchev–Trinajstić information content (AvgIpc) is 3.31. The highest BCUT2D eigenvalue weighted by molar-refractivity contribution is 4.91. The molecule has 1 N–H and O–H groups in total. The van der Waals surface area contributed by atoms with Crippen LogP contribution in [-0.4, -0.2) is 50.3 Å². The summed E-state index contributed by atoms with van der Waals surface area (Å²) in [6.45, 7) is 9.06. The van der Waals surface area contributed by atoms with Crippen LogP contribution in [0.25, 0.3) is 0 Å². The monoisotopic (exact) mass is 296 g/mol. The van der Waals surface area contributed by atoms with Crippen LogP contribution in [0.3, 0.4) is 0 Å². The van der Waals surface area contributed by atoms with Crippen LogP contribution in [0.2, 0.25) is 0 Å². The summed E-state index contributed by atoms with van der Waals surface area (Å²) in [5.74, 6) is 0.